The van der Waals surface area contributed by atoms with Crippen LogP contribution in [0.3, 0.4) is 0 Å². The van der Waals surface area contributed by atoms with E-state index in [1.807, 2.05) is 6.07 Å². The summed E-state index contributed by atoms with van der Waals surface area (Å²) in [6.07, 6.45) is 1.57. The lowest BCUT2D eigenvalue weighted by molar-refractivity contribution is 1.04. The van der Waals surface area contributed by atoms with Gasteiger partial charge in [0.15, 0.2) is 0 Å². The van der Waals surface area contributed by atoms with Crippen LogP contribution >= 0.6 is 0 Å². The Bertz CT molecular complexity index is 694. The maximum absolute atomic E-state index is 11.2. The van der Waals surface area contributed by atoms with Gasteiger partial charge in [-0.25, -0.2) is 10.4 Å². The number of anilines is 1. The lowest BCUT2D eigenvalue weighted by Gasteiger charge is -1.99. The monoisotopic (exact) mass is 253 g/mol. The number of aromatic nitrogens is 2. The summed E-state index contributed by atoms with van der Waals surface area (Å²) in [5, 5.41) is 12.6. The Balaban J connectivity index is 2.07. The van der Waals surface area contributed by atoms with Gasteiger partial charge in [-0.3, -0.25) is 9.78 Å². The van der Waals surface area contributed by atoms with E-state index in [2.05, 4.69) is 20.5 Å². The van der Waals surface area contributed by atoms with Gasteiger partial charge in [0.1, 0.15) is 0 Å². The molecule has 0 amide bonds. The fraction of sp³-hybridized carbons (Fsp3) is 0.0769. The Morgan fingerprint density at radius 3 is 2.79 bits per heavy atom. The van der Waals surface area contributed by atoms with Crippen molar-refractivity contribution < 1.29 is 0 Å². The number of nitrogens with zero attached hydrogens (tertiary/aromatic N) is 3. The molecule has 6 nitrogen and oxygen atoms in total. The lowest BCUT2D eigenvalue weighted by atomic mass is 10.2. The van der Waals surface area contributed by atoms with Crippen molar-refractivity contribution in [1.82, 2.24) is 9.97 Å². The van der Waals surface area contributed by atoms with E-state index in [1.165, 1.54) is 6.07 Å². The molecule has 0 saturated heterocycles. The number of hydrogen-bond acceptors (Lipinski definition) is 5. The number of nitriles is 1. The van der Waals surface area contributed by atoms with E-state index in [-0.39, 0.29) is 11.5 Å². The second-order valence-electron chi connectivity index (χ2n) is 3.84. The van der Waals surface area contributed by atoms with Crippen LogP contribution in [-0.4, -0.2) is 16.2 Å². The van der Waals surface area contributed by atoms with Gasteiger partial charge in [0.05, 0.1) is 17.8 Å². The standard InChI is InChI=1S/C13H11N5O/c1-9-6-12(19)17-13(16-9)18-15-8-11-4-2-10(7-14)3-5-11/h2-6,8H,1H3,(H2,16,17,18,19)/b15-8+. The predicted octanol–water partition coefficient (Wildman–Crippen LogP) is 1.40. The average Bonchev–Trinajstić information content (AvgIpc) is 2.38. The van der Waals surface area contributed by atoms with Gasteiger partial charge in [0.2, 0.25) is 5.95 Å². The van der Waals surface area contributed by atoms with Crippen LogP contribution in [0.25, 0.3) is 0 Å². The van der Waals surface area contributed by atoms with E-state index in [1.54, 1.807) is 37.4 Å². The van der Waals surface area contributed by atoms with Gasteiger partial charge in [-0.05, 0) is 24.6 Å². The zero-order chi connectivity index (χ0) is 13.7. The van der Waals surface area contributed by atoms with E-state index in [0.29, 0.717) is 11.3 Å². The minimum Gasteiger partial charge on any atom is -0.291 e. The van der Waals surface area contributed by atoms with Crippen LogP contribution in [0.4, 0.5) is 5.95 Å². The van der Waals surface area contributed by atoms with Gasteiger partial charge in [0.25, 0.3) is 5.56 Å². The second kappa shape index (κ2) is 5.60. The van der Waals surface area contributed by atoms with E-state index >= 15 is 0 Å². The molecular formula is C13H11N5O. The number of aromatic amines is 1. The molecule has 0 atom stereocenters. The van der Waals surface area contributed by atoms with Gasteiger partial charge in [-0.15, -0.1) is 0 Å². The summed E-state index contributed by atoms with van der Waals surface area (Å²) in [5.74, 6) is 0.287. The SMILES string of the molecule is Cc1cc(=O)[nH]c(N/N=C/c2ccc(C#N)cc2)n1. The summed E-state index contributed by atoms with van der Waals surface area (Å²) in [4.78, 5) is 17.8. The topological polar surface area (TPSA) is 93.9 Å². The summed E-state index contributed by atoms with van der Waals surface area (Å²) >= 11 is 0. The average molecular weight is 253 g/mol. The van der Waals surface area contributed by atoms with Crippen molar-refractivity contribution in [3.8, 4) is 6.07 Å². The molecule has 2 rings (SSSR count). The first-order valence-electron chi connectivity index (χ1n) is 5.54. The van der Waals surface area contributed by atoms with Gasteiger partial charge in [-0.1, -0.05) is 12.1 Å². The predicted molar refractivity (Wildman–Crippen MR) is 72.0 cm³/mol. The summed E-state index contributed by atoms with van der Waals surface area (Å²) < 4.78 is 0. The Labute approximate surface area is 109 Å². The molecule has 1 aromatic carbocycles. The first kappa shape index (κ1) is 12.5. The molecule has 0 aliphatic heterocycles. The van der Waals surface area contributed by atoms with Gasteiger partial charge < -0.3 is 0 Å². The molecule has 2 N–H and O–H groups in total. The molecular weight excluding hydrogens is 242 g/mol. The quantitative estimate of drug-likeness (QED) is 0.638. The van der Waals surface area contributed by atoms with Crippen molar-refractivity contribution in [2.45, 2.75) is 6.92 Å². The van der Waals surface area contributed by atoms with Crippen molar-refractivity contribution in [2.75, 3.05) is 5.43 Å². The molecule has 0 saturated carbocycles. The molecule has 0 aliphatic carbocycles. The molecule has 19 heavy (non-hydrogen) atoms. The fourth-order valence-corrected chi connectivity index (χ4v) is 1.44. The third-order valence-corrected chi connectivity index (χ3v) is 2.29. The molecule has 1 heterocycles. The molecule has 0 spiro atoms. The number of nitrogens with one attached hydrogen (secondary N) is 2. The molecule has 6 heteroatoms. The minimum absolute atomic E-state index is 0.233. The molecule has 0 aliphatic rings. The van der Waals surface area contributed by atoms with Crippen molar-refractivity contribution in [2.24, 2.45) is 5.10 Å². The maximum Gasteiger partial charge on any atom is 0.252 e. The maximum atomic E-state index is 11.2. The first-order valence-corrected chi connectivity index (χ1v) is 5.54. The van der Waals surface area contributed by atoms with E-state index in [9.17, 15) is 4.79 Å². The van der Waals surface area contributed by atoms with Crippen LogP contribution in [0.5, 0.6) is 0 Å². The number of aryl methyl sites for hydroxylation is 1. The van der Waals surface area contributed by atoms with Crippen molar-refractivity contribution in [3.05, 3.63) is 57.5 Å². The molecule has 0 bridgehead atoms. The molecule has 1 aromatic heterocycles. The smallest absolute Gasteiger partial charge is 0.252 e. The van der Waals surface area contributed by atoms with E-state index in [4.69, 9.17) is 5.26 Å². The third-order valence-electron chi connectivity index (χ3n) is 2.29. The Morgan fingerprint density at radius 1 is 1.42 bits per heavy atom. The molecule has 0 radical (unpaired) electrons. The highest BCUT2D eigenvalue weighted by molar-refractivity contribution is 5.80. The van der Waals surface area contributed by atoms with Crippen LogP contribution in [0.1, 0.15) is 16.8 Å². The highest BCUT2D eigenvalue weighted by Crippen LogP contribution is 2.01. The second-order valence-corrected chi connectivity index (χ2v) is 3.84. The van der Waals surface area contributed by atoms with Crippen molar-refractivity contribution in [1.29, 1.82) is 5.26 Å². The largest absolute Gasteiger partial charge is 0.291 e. The van der Waals surface area contributed by atoms with Crippen molar-refractivity contribution in [3.63, 3.8) is 0 Å². The normalized spacial score (nSPS) is 10.3. The minimum atomic E-state index is -0.233. The molecule has 2 aromatic rings. The molecule has 0 unspecified atom stereocenters. The fourth-order valence-electron chi connectivity index (χ4n) is 1.44. The Kier molecular flexibility index (Phi) is 3.69. The highest BCUT2D eigenvalue weighted by Gasteiger charge is 1.95. The zero-order valence-electron chi connectivity index (χ0n) is 10.2. The first-order chi connectivity index (χ1) is 9.17. The lowest BCUT2D eigenvalue weighted by Crippen LogP contribution is -2.10. The van der Waals surface area contributed by atoms with Crippen LogP contribution in [0.15, 0.2) is 40.2 Å². The number of benzene rings is 1. The number of H-pyrrole nitrogens is 1. The van der Waals surface area contributed by atoms with Crippen LogP contribution in [0.2, 0.25) is 0 Å². The molecule has 94 valence electrons. The molecule has 0 fully saturated rings. The van der Waals surface area contributed by atoms with Gasteiger partial charge in [0, 0.05) is 11.8 Å². The van der Waals surface area contributed by atoms with Gasteiger partial charge in [-0.2, -0.15) is 10.4 Å². The zero-order valence-corrected chi connectivity index (χ0v) is 10.2. The van der Waals surface area contributed by atoms with Crippen molar-refractivity contribution >= 4 is 12.2 Å². The van der Waals surface area contributed by atoms with E-state index in [0.717, 1.165) is 5.56 Å². The summed E-state index contributed by atoms with van der Waals surface area (Å²) in [5.41, 5.74) is 4.45. The summed E-state index contributed by atoms with van der Waals surface area (Å²) in [7, 11) is 0. The van der Waals surface area contributed by atoms with Crippen LogP contribution in [0, 0.1) is 18.3 Å². The Morgan fingerprint density at radius 2 is 2.16 bits per heavy atom. The highest BCUT2D eigenvalue weighted by atomic mass is 16.1. The third kappa shape index (κ3) is 3.51. The Hall–Kier alpha value is -2.94. The summed E-state index contributed by atoms with van der Waals surface area (Å²) in [6.45, 7) is 1.73. The summed E-state index contributed by atoms with van der Waals surface area (Å²) in [6, 6.07) is 10.4. The van der Waals surface area contributed by atoms with Crippen LogP contribution in [-0.2, 0) is 0 Å². The van der Waals surface area contributed by atoms with Gasteiger partial charge >= 0.3 is 0 Å². The number of rotatable bonds is 3. The number of hydrogen-bond donors (Lipinski definition) is 2. The van der Waals surface area contributed by atoms with Crippen LogP contribution < -0.4 is 11.0 Å². The number of hydrazone groups is 1. The van der Waals surface area contributed by atoms with E-state index < -0.39 is 0 Å².